The highest BCUT2D eigenvalue weighted by atomic mass is 16.5. The summed E-state index contributed by atoms with van der Waals surface area (Å²) in [5.41, 5.74) is 8.48. The monoisotopic (exact) mass is 478 g/mol. The zero-order valence-corrected chi connectivity index (χ0v) is 19.9. The number of nitrogens with one attached hydrogen (secondary N) is 1. The standard InChI is InChI=1S/C24H30N8O3/c1-3-13-35-23-18-15-20-24(34)31(11-12-32(20)19(18)7-8-28-23)10-9-27-22(33)17-6-4-5-16(14-17)21(25)29-30(2)26/h4-8,14-15H,3,9-13,26H2,1-2H3,(H2,25,29)(H,27,33). The third kappa shape index (κ3) is 5.19. The fourth-order valence-electron chi connectivity index (χ4n) is 4.04. The van der Waals surface area contributed by atoms with Crippen LogP contribution in [0, 0.1) is 0 Å². The van der Waals surface area contributed by atoms with Crippen LogP contribution in [0.5, 0.6) is 5.88 Å². The maximum absolute atomic E-state index is 13.2. The van der Waals surface area contributed by atoms with Crippen molar-refractivity contribution in [2.75, 3.05) is 33.3 Å². The highest BCUT2D eigenvalue weighted by molar-refractivity contribution is 6.02. The topological polar surface area (TPSA) is 144 Å². The second-order valence-corrected chi connectivity index (χ2v) is 8.27. The molecule has 0 fully saturated rings. The van der Waals surface area contributed by atoms with Crippen LogP contribution in [-0.4, -0.2) is 70.5 Å². The molecule has 5 N–H and O–H groups in total. The number of hydrogen-bond acceptors (Lipinski definition) is 7. The number of nitrogens with two attached hydrogens (primary N) is 2. The van der Waals surface area contributed by atoms with Gasteiger partial charge in [-0.2, -0.15) is 0 Å². The lowest BCUT2D eigenvalue weighted by atomic mass is 10.1. The molecule has 3 aromatic rings. The van der Waals surface area contributed by atoms with Crippen LogP contribution in [0.4, 0.5) is 0 Å². The Morgan fingerprint density at radius 1 is 1.26 bits per heavy atom. The van der Waals surface area contributed by atoms with Gasteiger partial charge >= 0.3 is 0 Å². The number of carbonyl (C=O) groups excluding carboxylic acids is 2. The lowest BCUT2D eigenvalue weighted by Gasteiger charge is -2.28. The number of hydrazine groups is 1. The molecular formula is C24H30N8O3. The largest absolute Gasteiger partial charge is 0.477 e. The molecule has 35 heavy (non-hydrogen) atoms. The maximum atomic E-state index is 13.2. The van der Waals surface area contributed by atoms with E-state index in [9.17, 15) is 9.59 Å². The SMILES string of the molecule is CCCOc1nccc2c1cc1n2CCN(CCNC(=O)c2cccc(/C(N)=N/N(C)N)c2)C1=O. The van der Waals surface area contributed by atoms with E-state index in [-0.39, 0.29) is 17.6 Å². The van der Waals surface area contributed by atoms with E-state index < -0.39 is 0 Å². The Bertz CT molecular complexity index is 1270. The van der Waals surface area contributed by atoms with Gasteiger partial charge < -0.3 is 25.3 Å². The molecule has 0 atom stereocenters. The smallest absolute Gasteiger partial charge is 0.270 e. The molecule has 3 heterocycles. The van der Waals surface area contributed by atoms with E-state index in [1.54, 1.807) is 42.4 Å². The van der Waals surface area contributed by atoms with Gasteiger partial charge in [-0.3, -0.25) is 9.59 Å². The summed E-state index contributed by atoms with van der Waals surface area (Å²) >= 11 is 0. The van der Waals surface area contributed by atoms with Crippen molar-refractivity contribution in [3.05, 3.63) is 59.4 Å². The van der Waals surface area contributed by atoms with Gasteiger partial charge in [-0.25, -0.2) is 15.9 Å². The fraction of sp³-hybridized carbons (Fsp3) is 0.333. The minimum atomic E-state index is -0.261. The van der Waals surface area contributed by atoms with Gasteiger partial charge in [-0.05, 0) is 30.7 Å². The molecule has 0 spiro atoms. The average molecular weight is 479 g/mol. The number of amidine groups is 1. The van der Waals surface area contributed by atoms with E-state index in [2.05, 4.69) is 15.4 Å². The molecule has 0 unspecified atom stereocenters. The molecule has 0 saturated carbocycles. The molecule has 0 saturated heterocycles. The second-order valence-electron chi connectivity index (χ2n) is 8.27. The summed E-state index contributed by atoms with van der Waals surface area (Å²) in [6.45, 7) is 4.52. The average Bonchev–Trinajstić information content (AvgIpc) is 3.24. The van der Waals surface area contributed by atoms with Crippen LogP contribution in [0.3, 0.4) is 0 Å². The number of aromatic nitrogens is 2. The van der Waals surface area contributed by atoms with Crippen LogP contribution in [0.2, 0.25) is 0 Å². The first kappa shape index (κ1) is 24.0. The van der Waals surface area contributed by atoms with Crippen LogP contribution in [0.15, 0.2) is 47.7 Å². The Morgan fingerprint density at radius 2 is 2.06 bits per heavy atom. The maximum Gasteiger partial charge on any atom is 0.270 e. The van der Waals surface area contributed by atoms with Crippen molar-refractivity contribution >= 4 is 28.6 Å². The van der Waals surface area contributed by atoms with Crippen LogP contribution in [0.1, 0.15) is 39.8 Å². The van der Waals surface area contributed by atoms with E-state index >= 15 is 0 Å². The zero-order chi connectivity index (χ0) is 24.9. The van der Waals surface area contributed by atoms with Gasteiger partial charge in [-0.15, -0.1) is 5.10 Å². The summed E-state index contributed by atoms with van der Waals surface area (Å²) in [5.74, 6) is 5.91. The van der Waals surface area contributed by atoms with Crippen LogP contribution in [0.25, 0.3) is 10.9 Å². The molecule has 1 aromatic carbocycles. The first-order valence-electron chi connectivity index (χ1n) is 11.5. The summed E-state index contributed by atoms with van der Waals surface area (Å²) in [4.78, 5) is 31.9. The van der Waals surface area contributed by atoms with E-state index in [1.165, 1.54) is 0 Å². The Kier molecular flexibility index (Phi) is 7.16. The number of amides is 2. The lowest BCUT2D eigenvalue weighted by Crippen LogP contribution is -2.44. The number of pyridine rings is 1. The number of rotatable bonds is 9. The van der Waals surface area contributed by atoms with Crippen LogP contribution >= 0.6 is 0 Å². The third-order valence-corrected chi connectivity index (χ3v) is 5.69. The van der Waals surface area contributed by atoms with Crippen molar-refractivity contribution in [3.8, 4) is 5.88 Å². The molecular weight excluding hydrogens is 448 g/mol. The quantitative estimate of drug-likeness (QED) is 0.181. The number of carbonyl (C=O) groups is 2. The lowest BCUT2D eigenvalue weighted by molar-refractivity contribution is 0.0701. The van der Waals surface area contributed by atoms with Gasteiger partial charge in [-0.1, -0.05) is 19.1 Å². The fourth-order valence-corrected chi connectivity index (χ4v) is 4.04. The zero-order valence-electron chi connectivity index (χ0n) is 19.9. The molecule has 11 heteroatoms. The molecule has 2 aromatic heterocycles. The van der Waals surface area contributed by atoms with E-state index in [4.69, 9.17) is 16.3 Å². The van der Waals surface area contributed by atoms with Gasteiger partial charge in [0, 0.05) is 50.6 Å². The Balaban J connectivity index is 1.40. The number of ether oxygens (including phenoxy) is 1. The summed E-state index contributed by atoms with van der Waals surface area (Å²) in [5, 5.41) is 8.76. The normalized spacial score (nSPS) is 13.6. The molecule has 2 amide bonds. The van der Waals surface area contributed by atoms with E-state index in [0.29, 0.717) is 55.5 Å². The van der Waals surface area contributed by atoms with Gasteiger partial charge in [0.1, 0.15) is 5.69 Å². The Labute approximate surface area is 203 Å². The predicted octanol–water partition coefficient (Wildman–Crippen LogP) is 1.14. The number of hydrazone groups is 1. The first-order chi connectivity index (χ1) is 16.9. The Morgan fingerprint density at radius 3 is 2.83 bits per heavy atom. The van der Waals surface area contributed by atoms with E-state index in [0.717, 1.165) is 22.4 Å². The second kappa shape index (κ2) is 10.4. The van der Waals surface area contributed by atoms with Crippen LogP contribution < -0.4 is 21.6 Å². The van der Waals surface area contributed by atoms with Gasteiger partial charge in [0.15, 0.2) is 5.84 Å². The molecule has 0 radical (unpaired) electrons. The van der Waals surface area contributed by atoms with E-state index in [1.807, 2.05) is 23.6 Å². The number of benzene rings is 1. The molecule has 1 aliphatic heterocycles. The molecule has 184 valence electrons. The first-order valence-corrected chi connectivity index (χ1v) is 11.5. The summed E-state index contributed by atoms with van der Waals surface area (Å²) in [6.07, 6.45) is 2.58. The third-order valence-electron chi connectivity index (χ3n) is 5.69. The number of nitrogens with zero attached hydrogens (tertiary/aromatic N) is 5. The molecule has 0 bridgehead atoms. The van der Waals surface area contributed by atoms with Crippen molar-refractivity contribution in [1.29, 1.82) is 0 Å². The number of fused-ring (bicyclic) bond motifs is 3. The highest BCUT2D eigenvalue weighted by Gasteiger charge is 2.27. The minimum Gasteiger partial charge on any atom is -0.477 e. The molecule has 4 rings (SSSR count). The number of hydrogen-bond donors (Lipinski definition) is 3. The summed E-state index contributed by atoms with van der Waals surface area (Å²) in [6, 6.07) is 10.6. The van der Waals surface area contributed by atoms with Gasteiger partial charge in [0.05, 0.1) is 17.5 Å². The highest BCUT2D eigenvalue weighted by Crippen LogP contribution is 2.29. The van der Waals surface area contributed by atoms with Crippen molar-refractivity contribution in [2.24, 2.45) is 16.7 Å². The van der Waals surface area contributed by atoms with Gasteiger partial charge in [0.2, 0.25) is 5.88 Å². The summed E-state index contributed by atoms with van der Waals surface area (Å²) < 4.78 is 7.77. The predicted molar refractivity (Wildman–Crippen MR) is 133 cm³/mol. The van der Waals surface area contributed by atoms with Crippen molar-refractivity contribution < 1.29 is 14.3 Å². The molecule has 1 aliphatic rings. The van der Waals surface area contributed by atoms with Gasteiger partial charge in [0.25, 0.3) is 11.8 Å². The Hall–Kier alpha value is -4.12. The molecule has 11 nitrogen and oxygen atoms in total. The van der Waals surface area contributed by atoms with Crippen molar-refractivity contribution in [2.45, 2.75) is 19.9 Å². The molecule has 0 aliphatic carbocycles. The van der Waals surface area contributed by atoms with Crippen molar-refractivity contribution in [1.82, 2.24) is 24.9 Å². The van der Waals surface area contributed by atoms with Crippen LogP contribution in [-0.2, 0) is 6.54 Å². The summed E-state index contributed by atoms with van der Waals surface area (Å²) in [7, 11) is 1.56. The van der Waals surface area contributed by atoms with Crippen molar-refractivity contribution in [3.63, 3.8) is 0 Å². The minimum absolute atomic E-state index is 0.0833.